The summed E-state index contributed by atoms with van der Waals surface area (Å²) in [7, 11) is 1.18. The molecule has 0 aliphatic rings. The first-order valence-electron chi connectivity index (χ1n) is 36.6. The van der Waals surface area contributed by atoms with E-state index in [0.717, 1.165) is 64.2 Å². The van der Waals surface area contributed by atoms with E-state index in [2.05, 4.69) is 86.8 Å². The van der Waals surface area contributed by atoms with E-state index in [4.69, 9.17) is 18.5 Å². The molecule has 0 saturated heterocycles. The molecule has 0 aromatic carbocycles. The lowest BCUT2D eigenvalue weighted by atomic mass is 10.0. The third-order valence-electron chi connectivity index (χ3n) is 16.2. The molecule has 0 amide bonds. The standard InChI is InChI=1S/C76H140NO8P/c1-6-8-10-12-14-16-18-20-22-24-26-28-30-32-33-34-35-36-37-38-39-40-41-42-43-45-47-49-51-53-55-57-59-61-63-65-67-69-76(79)85-74(73-84-86(80,81)83-71-70-77(3,4)5)72-82-75(78)68-66-64-62-60-58-56-54-52-50-48-46-44-31-29-27-25-23-21-19-17-15-13-11-9-7-2/h8,10,14,16,19-22,25-28,74H,6-7,9,11-13,15,17-18,23-24,29-73H2,1-5H3/b10-8-,16-14-,21-19-,22-20-,27-25-,28-26-. The lowest BCUT2D eigenvalue weighted by molar-refractivity contribution is -0.870. The number of rotatable bonds is 68. The van der Waals surface area contributed by atoms with E-state index in [1.165, 1.54) is 250 Å². The van der Waals surface area contributed by atoms with Crippen LogP contribution < -0.4 is 4.89 Å². The topological polar surface area (TPSA) is 111 Å². The number of phosphoric ester groups is 1. The monoisotopic (exact) mass is 1230 g/mol. The quantitative estimate of drug-likeness (QED) is 0.0195. The van der Waals surface area contributed by atoms with Crippen molar-refractivity contribution in [2.45, 2.75) is 354 Å². The number of hydrogen-bond acceptors (Lipinski definition) is 8. The SMILES string of the molecule is CC/C=C\C/C=C\C/C=C\C/C=C\CCCCCCCCCCCCCCCCCCCCCCCCCCC(=O)OC(COC(=O)CCCCCCCCCCCCCCC/C=C\C/C=C\CCCCCCC)COP(=O)([O-])OCC[N+](C)(C)C. The predicted molar refractivity (Wildman–Crippen MR) is 370 cm³/mol. The lowest BCUT2D eigenvalue weighted by Gasteiger charge is -2.28. The fourth-order valence-corrected chi connectivity index (χ4v) is 11.4. The molecule has 0 N–H and O–H groups in total. The molecule has 0 aromatic rings. The van der Waals surface area contributed by atoms with Crippen molar-refractivity contribution in [3.63, 3.8) is 0 Å². The number of likely N-dealkylation sites (N-methyl/N-ethyl adjacent to an activating group) is 1. The highest BCUT2D eigenvalue weighted by atomic mass is 31.2. The molecule has 0 aliphatic carbocycles. The van der Waals surface area contributed by atoms with Crippen LogP contribution in [0.2, 0.25) is 0 Å². The number of nitrogens with zero attached hydrogens (tertiary/aromatic N) is 1. The predicted octanol–water partition coefficient (Wildman–Crippen LogP) is 23.3. The second-order valence-electron chi connectivity index (χ2n) is 25.9. The Kier molecular flexibility index (Phi) is 64.9. The van der Waals surface area contributed by atoms with Gasteiger partial charge in [0.25, 0.3) is 7.82 Å². The summed E-state index contributed by atoms with van der Waals surface area (Å²) in [5.74, 6) is -0.817. The molecule has 9 nitrogen and oxygen atoms in total. The normalized spacial score (nSPS) is 13.5. The molecular formula is C76H140NO8P. The number of carbonyl (C=O) groups is 2. The van der Waals surface area contributed by atoms with Gasteiger partial charge >= 0.3 is 11.9 Å². The second-order valence-corrected chi connectivity index (χ2v) is 27.3. The van der Waals surface area contributed by atoms with Crippen LogP contribution in [0.3, 0.4) is 0 Å². The number of carbonyl (C=O) groups excluding carboxylic acids is 2. The van der Waals surface area contributed by atoms with Gasteiger partial charge in [-0.1, -0.05) is 324 Å². The van der Waals surface area contributed by atoms with Crippen molar-refractivity contribution in [1.82, 2.24) is 0 Å². The van der Waals surface area contributed by atoms with Gasteiger partial charge in [0.05, 0.1) is 27.7 Å². The molecule has 10 heteroatoms. The van der Waals surface area contributed by atoms with Gasteiger partial charge < -0.3 is 27.9 Å². The highest BCUT2D eigenvalue weighted by Gasteiger charge is 2.22. The molecule has 0 rings (SSSR count). The van der Waals surface area contributed by atoms with Crippen molar-refractivity contribution in [2.24, 2.45) is 0 Å². The van der Waals surface area contributed by atoms with Crippen LogP contribution in [-0.2, 0) is 32.7 Å². The third kappa shape index (κ3) is 70.5. The van der Waals surface area contributed by atoms with Crippen LogP contribution in [-0.4, -0.2) is 70.0 Å². The Balaban J connectivity index is 3.95. The Morgan fingerprint density at radius 3 is 0.988 bits per heavy atom. The first-order chi connectivity index (χ1) is 42.0. The third-order valence-corrected chi connectivity index (χ3v) is 17.2. The average Bonchev–Trinajstić information content (AvgIpc) is 3.67. The van der Waals surface area contributed by atoms with E-state index < -0.39 is 26.5 Å². The number of hydrogen-bond donors (Lipinski definition) is 0. The van der Waals surface area contributed by atoms with Crippen molar-refractivity contribution in [3.05, 3.63) is 72.9 Å². The van der Waals surface area contributed by atoms with Gasteiger partial charge in [-0.3, -0.25) is 14.2 Å². The maximum absolute atomic E-state index is 12.9. The van der Waals surface area contributed by atoms with E-state index in [0.29, 0.717) is 17.4 Å². The molecule has 0 radical (unpaired) electrons. The van der Waals surface area contributed by atoms with Gasteiger partial charge in [0.1, 0.15) is 19.8 Å². The highest BCUT2D eigenvalue weighted by molar-refractivity contribution is 7.45. The molecular weight excluding hydrogens is 1090 g/mol. The number of allylic oxidation sites excluding steroid dienone is 12. The van der Waals surface area contributed by atoms with Gasteiger partial charge in [0, 0.05) is 12.8 Å². The summed E-state index contributed by atoms with van der Waals surface area (Å²) in [5, 5.41) is 0. The fraction of sp³-hybridized carbons (Fsp3) is 0.816. The van der Waals surface area contributed by atoms with Gasteiger partial charge in [-0.2, -0.15) is 0 Å². The molecule has 0 bridgehead atoms. The molecule has 2 atom stereocenters. The van der Waals surface area contributed by atoms with Gasteiger partial charge in [-0.25, -0.2) is 0 Å². The molecule has 0 aromatic heterocycles. The summed E-state index contributed by atoms with van der Waals surface area (Å²) in [6.45, 7) is 4.17. The summed E-state index contributed by atoms with van der Waals surface area (Å²) in [4.78, 5) is 38.1. The minimum atomic E-state index is -4.64. The van der Waals surface area contributed by atoms with Crippen molar-refractivity contribution in [1.29, 1.82) is 0 Å². The zero-order chi connectivity index (χ0) is 62.6. The zero-order valence-corrected chi connectivity index (χ0v) is 58.2. The Labute approximate surface area is 533 Å². The van der Waals surface area contributed by atoms with E-state index in [1.54, 1.807) is 0 Å². The van der Waals surface area contributed by atoms with Crippen LogP contribution in [0.25, 0.3) is 0 Å². The van der Waals surface area contributed by atoms with Crippen LogP contribution in [0.5, 0.6) is 0 Å². The Hall–Kier alpha value is -2.55. The maximum atomic E-state index is 12.9. The summed E-state index contributed by atoms with van der Waals surface area (Å²) in [6, 6.07) is 0. The van der Waals surface area contributed by atoms with Crippen molar-refractivity contribution in [3.8, 4) is 0 Å². The lowest BCUT2D eigenvalue weighted by Crippen LogP contribution is -2.37. The van der Waals surface area contributed by atoms with Gasteiger partial charge in [-0.05, 0) is 83.5 Å². The number of esters is 2. The second kappa shape index (κ2) is 66.9. The van der Waals surface area contributed by atoms with E-state index in [-0.39, 0.29) is 32.0 Å². The van der Waals surface area contributed by atoms with Gasteiger partial charge in [-0.15, -0.1) is 0 Å². The largest absolute Gasteiger partial charge is 0.756 e. The molecule has 0 saturated carbocycles. The van der Waals surface area contributed by atoms with Crippen LogP contribution in [0.1, 0.15) is 348 Å². The number of phosphoric acid groups is 1. The Morgan fingerprint density at radius 1 is 0.372 bits per heavy atom. The number of ether oxygens (including phenoxy) is 2. The number of unbranched alkanes of at least 4 members (excludes halogenated alkanes) is 42. The minimum absolute atomic E-state index is 0.0300. The summed E-state index contributed by atoms with van der Waals surface area (Å²) in [6.07, 6.45) is 90.0. The zero-order valence-electron chi connectivity index (χ0n) is 57.3. The minimum Gasteiger partial charge on any atom is -0.756 e. The fourth-order valence-electron chi connectivity index (χ4n) is 10.6. The number of quaternary nitrogens is 1. The summed E-state index contributed by atoms with van der Waals surface area (Å²) >= 11 is 0. The van der Waals surface area contributed by atoms with E-state index >= 15 is 0 Å². The van der Waals surface area contributed by atoms with E-state index in [1.807, 2.05) is 21.1 Å². The van der Waals surface area contributed by atoms with Crippen molar-refractivity contribution < 1.29 is 42.1 Å². The smallest absolute Gasteiger partial charge is 0.306 e. The van der Waals surface area contributed by atoms with Gasteiger partial charge in [0.15, 0.2) is 6.10 Å². The molecule has 502 valence electrons. The molecule has 0 heterocycles. The average molecular weight is 1230 g/mol. The van der Waals surface area contributed by atoms with Gasteiger partial charge in [0.2, 0.25) is 0 Å². The molecule has 0 aliphatic heterocycles. The van der Waals surface area contributed by atoms with Crippen LogP contribution in [0.15, 0.2) is 72.9 Å². The highest BCUT2D eigenvalue weighted by Crippen LogP contribution is 2.38. The van der Waals surface area contributed by atoms with Crippen LogP contribution in [0, 0.1) is 0 Å². The van der Waals surface area contributed by atoms with Crippen LogP contribution in [0.4, 0.5) is 0 Å². The Bertz CT molecular complexity index is 1680. The molecule has 0 fully saturated rings. The van der Waals surface area contributed by atoms with Crippen molar-refractivity contribution in [2.75, 3.05) is 47.5 Å². The van der Waals surface area contributed by atoms with Crippen LogP contribution >= 0.6 is 7.82 Å². The van der Waals surface area contributed by atoms with Crippen molar-refractivity contribution >= 4 is 19.8 Å². The first-order valence-corrected chi connectivity index (χ1v) is 38.1. The molecule has 0 spiro atoms. The molecule has 86 heavy (non-hydrogen) atoms. The molecule has 2 unspecified atom stereocenters. The van der Waals surface area contributed by atoms with E-state index in [9.17, 15) is 19.0 Å². The Morgan fingerprint density at radius 2 is 0.663 bits per heavy atom. The summed E-state index contributed by atoms with van der Waals surface area (Å²) < 4.78 is 34.4. The first kappa shape index (κ1) is 83.5. The maximum Gasteiger partial charge on any atom is 0.306 e. The summed E-state index contributed by atoms with van der Waals surface area (Å²) in [5.41, 5.74) is 0.